The minimum atomic E-state index is -1.38. The van der Waals surface area contributed by atoms with E-state index in [1.54, 1.807) is 12.1 Å². The lowest BCUT2D eigenvalue weighted by Crippen LogP contribution is -2.41. The summed E-state index contributed by atoms with van der Waals surface area (Å²) in [5, 5.41) is 22.5. The van der Waals surface area contributed by atoms with E-state index in [-0.39, 0.29) is 18.3 Å². The van der Waals surface area contributed by atoms with E-state index < -0.39 is 7.12 Å². The van der Waals surface area contributed by atoms with Crippen LogP contribution in [0.3, 0.4) is 0 Å². The van der Waals surface area contributed by atoms with Gasteiger partial charge in [-0.15, -0.1) is 0 Å². The molecular formula is C26H28B2O4. The molecule has 162 valence electrons. The maximum absolute atomic E-state index is 8.94. The average molecular weight is 426 g/mol. The van der Waals surface area contributed by atoms with E-state index in [0.717, 1.165) is 16.2 Å². The summed E-state index contributed by atoms with van der Waals surface area (Å²) < 4.78 is 12.2. The third kappa shape index (κ3) is 4.59. The standard InChI is InChI=1S/C16H19BO2.C10H9BO2/c1-15(2)16(3,4)19-17(18-15)14-10-9-12-7-5-6-8-13(12)11-14;12-11(13)10-6-5-8-3-1-2-4-9(8)7-10/h5-11H,1-4H3;1-7,12-13H. The van der Waals surface area contributed by atoms with Crippen LogP contribution < -0.4 is 10.9 Å². The summed E-state index contributed by atoms with van der Waals surface area (Å²) >= 11 is 0. The molecule has 0 aliphatic carbocycles. The molecule has 1 aliphatic rings. The molecule has 4 aromatic rings. The Kier molecular flexibility index (Phi) is 6.15. The van der Waals surface area contributed by atoms with Gasteiger partial charge in [-0.2, -0.15) is 0 Å². The molecule has 6 heteroatoms. The molecule has 1 aliphatic heterocycles. The molecule has 1 saturated heterocycles. The Balaban J connectivity index is 0.000000165. The second-order valence-corrected chi connectivity index (χ2v) is 9.18. The third-order valence-electron chi connectivity index (χ3n) is 6.37. The van der Waals surface area contributed by atoms with Crippen LogP contribution in [0.15, 0.2) is 84.9 Å². The van der Waals surface area contributed by atoms with E-state index in [9.17, 15) is 0 Å². The van der Waals surface area contributed by atoms with Crippen molar-refractivity contribution in [1.82, 2.24) is 0 Å². The highest BCUT2D eigenvalue weighted by Gasteiger charge is 2.51. The van der Waals surface area contributed by atoms with Crippen molar-refractivity contribution < 1.29 is 19.4 Å². The molecule has 2 N–H and O–H groups in total. The summed E-state index contributed by atoms with van der Waals surface area (Å²) in [4.78, 5) is 0. The molecule has 0 atom stereocenters. The average Bonchev–Trinajstić information content (AvgIpc) is 3.00. The largest absolute Gasteiger partial charge is 0.494 e. The summed E-state index contributed by atoms with van der Waals surface area (Å²) in [6.45, 7) is 8.31. The number of hydrogen-bond acceptors (Lipinski definition) is 4. The van der Waals surface area contributed by atoms with Crippen LogP contribution in [-0.2, 0) is 9.31 Å². The highest BCUT2D eigenvalue weighted by molar-refractivity contribution is 6.62. The van der Waals surface area contributed by atoms with Crippen LogP contribution in [0.5, 0.6) is 0 Å². The van der Waals surface area contributed by atoms with Crippen molar-refractivity contribution in [3.63, 3.8) is 0 Å². The van der Waals surface area contributed by atoms with Crippen molar-refractivity contribution in [1.29, 1.82) is 0 Å². The zero-order valence-electron chi connectivity index (χ0n) is 18.9. The molecule has 1 fully saturated rings. The Hall–Kier alpha value is -2.63. The van der Waals surface area contributed by atoms with Crippen molar-refractivity contribution in [2.75, 3.05) is 0 Å². The van der Waals surface area contributed by atoms with Crippen molar-refractivity contribution >= 4 is 46.7 Å². The molecular weight excluding hydrogens is 398 g/mol. The smallest absolute Gasteiger partial charge is 0.423 e. The van der Waals surface area contributed by atoms with Gasteiger partial charge in [0, 0.05) is 0 Å². The fourth-order valence-electron chi connectivity index (χ4n) is 3.70. The monoisotopic (exact) mass is 426 g/mol. The van der Waals surface area contributed by atoms with Crippen LogP contribution >= 0.6 is 0 Å². The summed E-state index contributed by atoms with van der Waals surface area (Å²) in [5.41, 5.74) is 1.03. The summed E-state index contributed by atoms with van der Waals surface area (Å²) in [6.07, 6.45) is 0. The molecule has 4 aromatic carbocycles. The van der Waals surface area contributed by atoms with Gasteiger partial charge >= 0.3 is 14.2 Å². The van der Waals surface area contributed by atoms with Crippen molar-refractivity contribution in [3.05, 3.63) is 84.9 Å². The van der Waals surface area contributed by atoms with Crippen LogP contribution in [0.2, 0.25) is 0 Å². The minimum Gasteiger partial charge on any atom is -0.423 e. The highest BCUT2D eigenvalue weighted by Crippen LogP contribution is 2.36. The Morgan fingerprint density at radius 1 is 0.625 bits per heavy atom. The van der Waals surface area contributed by atoms with Crippen LogP contribution in [-0.4, -0.2) is 35.5 Å². The predicted octanol–water partition coefficient (Wildman–Crippen LogP) is 3.66. The van der Waals surface area contributed by atoms with Gasteiger partial charge in [0.2, 0.25) is 0 Å². The van der Waals surface area contributed by atoms with E-state index in [1.807, 2.05) is 30.3 Å². The Labute approximate surface area is 190 Å². The molecule has 0 unspecified atom stereocenters. The quantitative estimate of drug-likeness (QED) is 0.481. The molecule has 0 radical (unpaired) electrons. The third-order valence-corrected chi connectivity index (χ3v) is 6.37. The van der Waals surface area contributed by atoms with E-state index >= 15 is 0 Å². The maximum atomic E-state index is 8.94. The van der Waals surface area contributed by atoms with Gasteiger partial charge < -0.3 is 19.4 Å². The lowest BCUT2D eigenvalue weighted by atomic mass is 9.78. The molecule has 0 amide bonds. The molecule has 32 heavy (non-hydrogen) atoms. The van der Waals surface area contributed by atoms with E-state index in [1.165, 1.54) is 10.8 Å². The second-order valence-electron chi connectivity index (χ2n) is 9.18. The molecule has 5 rings (SSSR count). The lowest BCUT2D eigenvalue weighted by molar-refractivity contribution is 0.00578. The van der Waals surface area contributed by atoms with Crippen LogP contribution in [0.1, 0.15) is 27.7 Å². The van der Waals surface area contributed by atoms with Crippen LogP contribution in [0.25, 0.3) is 21.5 Å². The van der Waals surface area contributed by atoms with Gasteiger partial charge in [0.1, 0.15) is 0 Å². The number of hydrogen-bond donors (Lipinski definition) is 2. The van der Waals surface area contributed by atoms with Gasteiger partial charge in [0.15, 0.2) is 0 Å². The predicted molar refractivity (Wildman–Crippen MR) is 133 cm³/mol. The fourth-order valence-corrected chi connectivity index (χ4v) is 3.70. The van der Waals surface area contributed by atoms with Gasteiger partial charge in [-0.25, -0.2) is 0 Å². The lowest BCUT2D eigenvalue weighted by Gasteiger charge is -2.32. The van der Waals surface area contributed by atoms with E-state index in [0.29, 0.717) is 5.46 Å². The first-order chi connectivity index (χ1) is 15.2. The van der Waals surface area contributed by atoms with Gasteiger partial charge in [-0.1, -0.05) is 84.9 Å². The summed E-state index contributed by atoms with van der Waals surface area (Å²) in [6, 6.07) is 27.9. The second kappa shape index (κ2) is 8.72. The molecule has 4 nitrogen and oxygen atoms in total. The SMILES string of the molecule is CC1(C)OB(c2ccc3ccccc3c2)OC1(C)C.OB(O)c1ccc2ccccc2c1. The normalized spacial score (nSPS) is 16.6. The molecule has 0 bridgehead atoms. The van der Waals surface area contributed by atoms with E-state index in [2.05, 4.69) is 70.2 Å². The van der Waals surface area contributed by atoms with Crippen LogP contribution in [0.4, 0.5) is 0 Å². The highest BCUT2D eigenvalue weighted by atomic mass is 16.7. The first kappa shape index (κ1) is 22.6. The fraction of sp³-hybridized carbons (Fsp3) is 0.231. The molecule has 0 spiro atoms. The minimum absolute atomic E-state index is 0.283. The first-order valence-electron chi connectivity index (χ1n) is 10.9. The Morgan fingerprint density at radius 3 is 1.62 bits per heavy atom. The van der Waals surface area contributed by atoms with Gasteiger partial charge in [-0.3, -0.25) is 0 Å². The topological polar surface area (TPSA) is 58.9 Å². The number of rotatable bonds is 2. The number of benzene rings is 4. The van der Waals surface area contributed by atoms with Crippen molar-refractivity contribution in [2.24, 2.45) is 0 Å². The maximum Gasteiger partial charge on any atom is 0.494 e. The molecule has 0 saturated carbocycles. The van der Waals surface area contributed by atoms with E-state index in [4.69, 9.17) is 19.4 Å². The summed E-state index contributed by atoms with van der Waals surface area (Å²) in [5.74, 6) is 0. The zero-order chi connectivity index (χ0) is 22.9. The van der Waals surface area contributed by atoms with Gasteiger partial charge in [-0.05, 0) is 60.2 Å². The van der Waals surface area contributed by atoms with Crippen molar-refractivity contribution in [2.45, 2.75) is 38.9 Å². The van der Waals surface area contributed by atoms with Crippen molar-refractivity contribution in [3.8, 4) is 0 Å². The Morgan fingerprint density at radius 2 is 1.09 bits per heavy atom. The van der Waals surface area contributed by atoms with Crippen LogP contribution in [0, 0.1) is 0 Å². The summed E-state index contributed by atoms with van der Waals surface area (Å²) in [7, 11) is -1.67. The Bertz CT molecular complexity index is 1220. The van der Waals surface area contributed by atoms with Gasteiger partial charge in [0.05, 0.1) is 11.2 Å². The van der Waals surface area contributed by atoms with Gasteiger partial charge in [0.25, 0.3) is 0 Å². The first-order valence-corrected chi connectivity index (χ1v) is 10.9. The zero-order valence-corrected chi connectivity index (χ0v) is 18.9. The molecule has 1 heterocycles. The molecule has 0 aromatic heterocycles. The number of fused-ring (bicyclic) bond motifs is 2.